The lowest BCUT2D eigenvalue weighted by Crippen LogP contribution is -2.41. The number of nitrogens with one attached hydrogen (secondary N) is 1. The third-order valence-corrected chi connectivity index (χ3v) is 5.67. The summed E-state index contributed by atoms with van der Waals surface area (Å²) < 4.78 is 81.2. The fourth-order valence-corrected chi connectivity index (χ4v) is 3.98. The first-order valence-corrected chi connectivity index (χ1v) is 11.0. The van der Waals surface area contributed by atoms with Crippen LogP contribution in [0.25, 0.3) is 0 Å². The third-order valence-electron chi connectivity index (χ3n) is 5.67. The van der Waals surface area contributed by atoms with Gasteiger partial charge in [-0.15, -0.1) is 13.2 Å². The quantitative estimate of drug-likeness (QED) is 0.377. The molecular weight excluding hydrogens is 500 g/mol. The van der Waals surface area contributed by atoms with Crippen molar-refractivity contribution in [1.29, 1.82) is 0 Å². The maximum Gasteiger partial charge on any atom is 0.573 e. The van der Waals surface area contributed by atoms with E-state index in [1.807, 2.05) is 0 Å². The van der Waals surface area contributed by atoms with Crippen LogP contribution in [0.3, 0.4) is 0 Å². The van der Waals surface area contributed by atoms with Crippen LogP contribution in [-0.2, 0) is 16.5 Å². The van der Waals surface area contributed by atoms with Crippen molar-refractivity contribution in [3.63, 3.8) is 0 Å². The molecule has 4 rings (SSSR count). The topological polar surface area (TPSA) is 54.5 Å². The maximum atomic E-state index is 13.5. The molecular formula is C26H21F6N3O2. The fourth-order valence-electron chi connectivity index (χ4n) is 3.98. The number of ether oxygens (including phenoxy) is 1. The minimum Gasteiger partial charge on any atom is -0.406 e. The maximum absolute atomic E-state index is 13.5. The van der Waals surface area contributed by atoms with Crippen molar-refractivity contribution in [3.8, 4) is 5.75 Å². The highest BCUT2D eigenvalue weighted by Gasteiger charge is 2.39. The molecule has 5 nitrogen and oxygen atoms in total. The normalized spacial score (nSPS) is 16.5. The largest absolute Gasteiger partial charge is 0.573 e. The zero-order valence-corrected chi connectivity index (χ0v) is 19.6. The number of hydrogen-bond donors (Lipinski definition) is 1. The lowest BCUT2D eigenvalue weighted by atomic mass is 9.98. The standard InChI is InChI=1S/C26H21F6N3O2/c1-24(2,21-9-6-10-22(33-21)25(27,28)29)34-19-15-20(16-7-4-3-5-8-16)35(23(19)36)17-11-13-18(14-12-17)37-26(30,31)32/h3-15,20,34H,1-2H3. The number of carbonyl (C=O) groups excluding carboxylic acids is 1. The number of benzene rings is 2. The van der Waals surface area contributed by atoms with Gasteiger partial charge in [0.1, 0.15) is 11.4 Å². The van der Waals surface area contributed by atoms with E-state index in [4.69, 9.17) is 0 Å². The third kappa shape index (κ3) is 5.87. The summed E-state index contributed by atoms with van der Waals surface area (Å²) in [4.78, 5) is 18.6. The number of aromatic nitrogens is 1. The Hall–Kier alpha value is -4.02. The van der Waals surface area contributed by atoms with Gasteiger partial charge in [0, 0.05) is 5.69 Å². The van der Waals surface area contributed by atoms with Crippen molar-refractivity contribution in [2.75, 3.05) is 4.90 Å². The molecule has 0 bridgehead atoms. The number of rotatable bonds is 6. The predicted molar refractivity (Wildman–Crippen MR) is 123 cm³/mol. The predicted octanol–water partition coefficient (Wildman–Crippen LogP) is 6.50. The lowest BCUT2D eigenvalue weighted by molar-refractivity contribution is -0.274. The molecule has 0 radical (unpaired) electrons. The highest BCUT2D eigenvalue weighted by atomic mass is 19.4. The average molecular weight is 521 g/mol. The molecule has 0 saturated carbocycles. The summed E-state index contributed by atoms with van der Waals surface area (Å²) in [5, 5.41) is 3.01. The first-order valence-electron chi connectivity index (χ1n) is 11.0. The summed E-state index contributed by atoms with van der Waals surface area (Å²) in [6.45, 7) is 3.18. The van der Waals surface area contributed by atoms with E-state index >= 15 is 0 Å². The van der Waals surface area contributed by atoms with E-state index in [1.165, 1.54) is 29.2 Å². The van der Waals surface area contributed by atoms with Crippen LogP contribution in [0.4, 0.5) is 32.0 Å². The molecule has 11 heteroatoms. The molecule has 0 fully saturated rings. The Morgan fingerprint density at radius 1 is 0.838 bits per heavy atom. The first-order chi connectivity index (χ1) is 17.2. The second kappa shape index (κ2) is 9.45. The van der Waals surface area contributed by atoms with E-state index < -0.39 is 41.5 Å². The Morgan fingerprint density at radius 3 is 2.05 bits per heavy atom. The van der Waals surface area contributed by atoms with Crippen LogP contribution in [0.15, 0.2) is 84.6 Å². The summed E-state index contributed by atoms with van der Waals surface area (Å²) in [7, 11) is 0. The summed E-state index contributed by atoms with van der Waals surface area (Å²) in [6, 6.07) is 16.6. The number of halogens is 6. The SMILES string of the molecule is CC(C)(NC1=CC(c2ccccc2)N(c2ccc(OC(F)(F)F)cc2)C1=O)c1cccc(C(F)(F)F)n1. The Kier molecular flexibility index (Phi) is 6.66. The van der Waals surface area contributed by atoms with Crippen molar-refractivity contribution in [1.82, 2.24) is 10.3 Å². The zero-order chi connectivity index (χ0) is 27.0. The van der Waals surface area contributed by atoms with Gasteiger partial charge in [-0.3, -0.25) is 9.69 Å². The second-order valence-corrected chi connectivity index (χ2v) is 8.81. The van der Waals surface area contributed by atoms with Crippen molar-refractivity contribution < 1.29 is 35.9 Å². The second-order valence-electron chi connectivity index (χ2n) is 8.81. The van der Waals surface area contributed by atoms with E-state index in [9.17, 15) is 31.1 Å². The number of hydrogen-bond acceptors (Lipinski definition) is 4. The van der Waals surface area contributed by atoms with Gasteiger partial charge in [-0.05, 0) is 61.9 Å². The van der Waals surface area contributed by atoms with E-state index in [2.05, 4.69) is 15.0 Å². The lowest BCUT2D eigenvalue weighted by Gasteiger charge is -2.29. The van der Waals surface area contributed by atoms with E-state index in [-0.39, 0.29) is 11.4 Å². The first kappa shape index (κ1) is 26.1. The monoisotopic (exact) mass is 521 g/mol. The zero-order valence-electron chi connectivity index (χ0n) is 19.6. The van der Waals surface area contributed by atoms with Gasteiger partial charge in [-0.25, -0.2) is 4.98 Å². The van der Waals surface area contributed by atoms with Gasteiger partial charge in [0.15, 0.2) is 0 Å². The molecule has 1 aliphatic rings. The van der Waals surface area contributed by atoms with E-state index in [0.29, 0.717) is 5.69 Å². The Bertz CT molecular complexity index is 1300. The van der Waals surface area contributed by atoms with Crippen LogP contribution in [0.1, 0.15) is 36.8 Å². The molecule has 0 aliphatic carbocycles. The molecule has 1 N–H and O–H groups in total. The van der Waals surface area contributed by atoms with Gasteiger partial charge in [-0.2, -0.15) is 13.2 Å². The van der Waals surface area contributed by atoms with Gasteiger partial charge in [0.05, 0.1) is 23.0 Å². The molecule has 1 unspecified atom stereocenters. The number of amides is 1. The number of alkyl halides is 6. The van der Waals surface area contributed by atoms with Crippen LogP contribution >= 0.6 is 0 Å². The minimum absolute atomic E-state index is 0.0689. The molecule has 0 spiro atoms. The van der Waals surface area contributed by atoms with Crippen molar-refractivity contribution in [3.05, 3.63) is 102 Å². The average Bonchev–Trinajstić information content (AvgIpc) is 3.14. The van der Waals surface area contributed by atoms with Crippen molar-refractivity contribution in [2.45, 2.75) is 38.0 Å². The van der Waals surface area contributed by atoms with Gasteiger partial charge in [-0.1, -0.05) is 36.4 Å². The van der Waals surface area contributed by atoms with Crippen LogP contribution in [0, 0.1) is 0 Å². The molecule has 194 valence electrons. The molecule has 1 amide bonds. The molecule has 2 heterocycles. The molecule has 1 aromatic heterocycles. The highest BCUT2D eigenvalue weighted by molar-refractivity contribution is 6.09. The van der Waals surface area contributed by atoms with Gasteiger partial charge >= 0.3 is 12.5 Å². The van der Waals surface area contributed by atoms with Gasteiger partial charge < -0.3 is 10.1 Å². The molecule has 37 heavy (non-hydrogen) atoms. The van der Waals surface area contributed by atoms with E-state index in [0.717, 1.165) is 23.8 Å². The minimum atomic E-state index is -4.86. The molecule has 0 saturated heterocycles. The van der Waals surface area contributed by atoms with Crippen LogP contribution in [0.5, 0.6) is 5.75 Å². The molecule has 1 atom stereocenters. The van der Waals surface area contributed by atoms with Gasteiger partial charge in [0.25, 0.3) is 5.91 Å². The summed E-state index contributed by atoms with van der Waals surface area (Å²) in [5.74, 6) is -0.958. The number of nitrogens with zero attached hydrogens (tertiary/aromatic N) is 2. The summed E-state index contributed by atoms with van der Waals surface area (Å²) >= 11 is 0. The van der Waals surface area contributed by atoms with Gasteiger partial charge in [0.2, 0.25) is 0 Å². The number of anilines is 1. The Morgan fingerprint density at radius 2 is 1.46 bits per heavy atom. The number of pyridine rings is 1. The van der Waals surface area contributed by atoms with Crippen molar-refractivity contribution >= 4 is 11.6 Å². The summed E-state index contributed by atoms with van der Waals surface area (Å²) in [6.07, 6.45) is -7.88. The number of carbonyl (C=O) groups is 1. The highest BCUT2D eigenvalue weighted by Crippen LogP contribution is 2.38. The molecule has 3 aromatic rings. The summed E-state index contributed by atoms with van der Waals surface area (Å²) in [5.41, 5.74) is -1.04. The van der Waals surface area contributed by atoms with E-state index in [1.54, 1.807) is 50.3 Å². The van der Waals surface area contributed by atoms with Crippen LogP contribution in [0.2, 0.25) is 0 Å². The Balaban J connectivity index is 1.67. The fraction of sp³-hybridized carbons (Fsp3) is 0.231. The van der Waals surface area contributed by atoms with Crippen LogP contribution < -0.4 is 15.0 Å². The smallest absolute Gasteiger partial charge is 0.406 e. The van der Waals surface area contributed by atoms with Crippen LogP contribution in [-0.4, -0.2) is 17.3 Å². The molecule has 1 aliphatic heterocycles. The van der Waals surface area contributed by atoms with Crippen molar-refractivity contribution in [2.24, 2.45) is 0 Å². The molecule has 2 aromatic carbocycles. The Labute approximate surface area is 208 Å².